The molecule has 0 saturated heterocycles. The van der Waals surface area contributed by atoms with Crippen LogP contribution in [0.2, 0.25) is 0 Å². The van der Waals surface area contributed by atoms with Crippen molar-refractivity contribution in [2.45, 2.75) is 0 Å². The third-order valence-electron chi connectivity index (χ3n) is 9.16. The Morgan fingerprint density at radius 1 is 0.457 bits per heavy atom. The van der Waals surface area contributed by atoms with E-state index in [-0.39, 0.29) is 0 Å². The number of benzene rings is 7. The second-order valence-corrected chi connectivity index (χ2v) is 11.8. The molecule has 0 aliphatic carbocycles. The number of fused-ring (bicyclic) bond motifs is 10. The zero-order valence-electron chi connectivity index (χ0n) is 24.7. The molecule has 0 radical (unpaired) electrons. The Hall–Kier alpha value is -6.26. The smallest absolute Gasteiger partial charge is 0.143 e. The van der Waals surface area contributed by atoms with Gasteiger partial charge in [0.15, 0.2) is 0 Å². The van der Waals surface area contributed by atoms with Crippen molar-refractivity contribution in [2.75, 3.05) is 0 Å². The van der Waals surface area contributed by atoms with Crippen molar-refractivity contribution in [3.8, 4) is 28.2 Å². The maximum Gasteiger partial charge on any atom is 0.143 e. The van der Waals surface area contributed by atoms with Gasteiger partial charge in [-0.2, -0.15) is 0 Å². The number of furan rings is 1. The van der Waals surface area contributed by atoms with Crippen LogP contribution < -0.4 is 0 Å². The van der Waals surface area contributed by atoms with Gasteiger partial charge in [0.2, 0.25) is 0 Å². The van der Waals surface area contributed by atoms with Crippen molar-refractivity contribution in [3.05, 3.63) is 152 Å². The second-order valence-electron chi connectivity index (χ2n) is 11.8. The van der Waals surface area contributed by atoms with Gasteiger partial charge in [-0.05, 0) is 53.9 Å². The number of hydrogen-bond donors (Lipinski definition) is 0. The number of aromatic nitrogens is 3. The predicted octanol–water partition coefficient (Wildman–Crippen LogP) is 11.1. The summed E-state index contributed by atoms with van der Waals surface area (Å²) in [5.41, 5.74) is 10.7. The molecule has 3 aromatic heterocycles. The van der Waals surface area contributed by atoms with E-state index >= 15 is 0 Å². The van der Waals surface area contributed by atoms with E-state index in [1.54, 1.807) is 0 Å². The van der Waals surface area contributed by atoms with E-state index in [1.165, 1.54) is 10.8 Å². The normalized spacial score (nSPS) is 11.9. The first-order chi connectivity index (χ1) is 22.8. The maximum atomic E-state index is 6.58. The Balaban J connectivity index is 1.27. The highest BCUT2D eigenvalue weighted by atomic mass is 16.3. The van der Waals surface area contributed by atoms with Gasteiger partial charge in [-0.1, -0.05) is 103 Å². The summed E-state index contributed by atoms with van der Waals surface area (Å²) in [5.74, 6) is 0. The van der Waals surface area contributed by atoms with E-state index in [0.29, 0.717) is 0 Å². The lowest BCUT2D eigenvalue weighted by molar-refractivity contribution is 0.673. The van der Waals surface area contributed by atoms with Crippen molar-refractivity contribution in [1.82, 2.24) is 14.5 Å². The van der Waals surface area contributed by atoms with Gasteiger partial charge in [0.25, 0.3) is 0 Å². The Morgan fingerprint density at radius 2 is 1.13 bits per heavy atom. The van der Waals surface area contributed by atoms with E-state index in [4.69, 9.17) is 14.4 Å². The minimum atomic E-state index is 0.863. The van der Waals surface area contributed by atoms with Crippen LogP contribution in [0.1, 0.15) is 0 Å². The first-order valence-electron chi connectivity index (χ1n) is 15.5. The first kappa shape index (κ1) is 25.1. The first-order valence-corrected chi connectivity index (χ1v) is 15.5. The van der Waals surface area contributed by atoms with Gasteiger partial charge in [-0.3, -0.25) is 0 Å². The number of para-hydroxylation sites is 4. The monoisotopic (exact) mass is 587 g/mol. The highest BCUT2D eigenvalue weighted by Crippen LogP contribution is 2.42. The van der Waals surface area contributed by atoms with Gasteiger partial charge in [0.05, 0.1) is 33.5 Å². The summed E-state index contributed by atoms with van der Waals surface area (Å²) >= 11 is 0. The zero-order valence-corrected chi connectivity index (χ0v) is 24.7. The Kier molecular flexibility index (Phi) is 5.25. The summed E-state index contributed by atoms with van der Waals surface area (Å²) in [6, 6.07) is 52.9. The highest BCUT2D eigenvalue weighted by Gasteiger charge is 2.20. The third-order valence-corrected chi connectivity index (χ3v) is 9.16. The van der Waals surface area contributed by atoms with Crippen molar-refractivity contribution >= 4 is 65.6 Å². The van der Waals surface area contributed by atoms with Crippen LogP contribution in [0.4, 0.5) is 0 Å². The third kappa shape index (κ3) is 3.61. The quantitative estimate of drug-likeness (QED) is 0.207. The molecule has 4 nitrogen and oxygen atoms in total. The van der Waals surface area contributed by atoms with E-state index in [0.717, 1.165) is 83.0 Å². The molecule has 10 rings (SSSR count). The average Bonchev–Trinajstić information content (AvgIpc) is 3.67. The number of rotatable bonds is 3. The summed E-state index contributed by atoms with van der Waals surface area (Å²) in [5, 5.41) is 6.96. The summed E-state index contributed by atoms with van der Waals surface area (Å²) in [6.45, 7) is 0. The van der Waals surface area contributed by atoms with Crippen molar-refractivity contribution in [3.63, 3.8) is 0 Å². The molecule has 7 aromatic carbocycles. The van der Waals surface area contributed by atoms with Gasteiger partial charge in [0, 0.05) is 43.7 Å². The van der Waals surface area contributed by atoms with Gasteiger partial charge >= 0.3 is 0 Å². The second kappa shape index (κ2) is 9.62. The number of nitrogens with zero attached hydrogens (tertiary/aromatic N) is 3. The van der Waals surface area contributed by atoms with Crippen LogP contribution in [-0.2, 0) is 0 Å². The summed E-state index contributed by atoms with van der Waals surface area (Å²) < 4.78 is 8.95. The average molecular weight is 588 g/mol. The maximum absolute atomic E-state index is 6.58. The lowest BCUT2D eigenvalue weighted by Crippen LogP contribution is -1.98. The molecule has 4 heteroatoms. The fourth-order valence-corrected chi connectivity index (χ4v) is 7.12. The molecule has 46 heavy (non-hydrogen) atoms. The van der Waals surface area contributed by atoms with Crippen LogP contribution in [0.3, 0.4) is 0 Å². The zero-order chi connectivity index (χ0) is 30.2. The van der Waals surface area contributed by atoms with E-state index in [9.17, 15) is 0 Å². The minimum absolute atomic E-state index is 0.863. The molecule has 0 amide bonds. The molecule has 0 unspecified atom stereocenters. The fourth-order valence-electron chi connectivity index (χ4n) is 7.12. The van der Waals surface area contributed by atoms with Crippen LogP contribution in [0, 0.1) is 0 Å². The lowest BCUT2D eigenvalue weighted by Gasteiger charge is -2.13. The van der Waals surface area contributed by atoms with Crippen LogP contribution in [-0.4, -0.2) is 14.5 Å². The molecule has 0 aliphatic rings. The van der Waals surface area contributed by atoms with Gasteiger partial charge in [0.1, 0.15) is 11.2 Å². The molecule has 0 saturated carbocycles. The Morgan fingerprint density at radius 3 is 1.98 bits per heavy atom. The lowest BCUT2D eigenvalue weighted by atomic mass is 10.0. The minimum Gasteiger partial charge on any atom is -0.455 e. The molecule has 10 aromatic rings. The standard InChI is InChI=1S/C42H25N3O/c1-2-11-27(12-3-1)40-41(44-34-18-7-6-17-33(34)43-40)28-13-10-14-29(25-28)45-35-19-8-4-16-32(35)39-36(45)24-22-26-21-23-31-30-15-5-9-20-37(30)46-42(31)38(26)39/h1-25H. The summed E-state index contributed by atoms with van der Waals surface area (Å²) in [7, 11) is 0. The van der Waals surface area contributed by atoms with Crippen LogP contribution in [0.25, 0.3) is 93.8 Å². The summed E-state index contributed by atoms with van der Waals surface area (Å²) in [4.78, 5) is 10.3. The van der Waals surface area contributed by atoms with Crippen molar-refractivity contribution in [1.29, 1.82) is 0 Å². The number of hydrogen-bond acceptors (Lipinski definition) is 3. The molecule has 0 spiro atoms. The van der Waals surface area contributed by atoms with E-state index in [1.807, 2.05) is 48.5 Å². The van der Waals surface area contributed by atoms with Gasteiger partial charge < -0.3 is 8.98 Å². The fraction of sp³-hybridized carbons (Fsp3) is 0. The van der Waals surface area contributed by atoms with Crippen molar-refractivity contribution < 1.29 is 4.42 Å². The molecular weight excluding hydrogens is 562 g/mol. The Labute approximate surface area is 263 Å². The largest absolute Gasteiger partial charge is 0.455 e. The van der Waals surface area contributed by atoms with Crippen LogP contribution >= 0.6 is 0 Å². The van der Waals surface area contributed by atoms with Gasteiger partial charge in [-0.15, -0.1) is 0 Å². The van der Waals surface area contributed by atoms with Crippen molar-refractivity contribution in [2.24, 2.45) is 0 Å². The molecule has 0 aliphatic heterocycles. The molecule has 0 atom stereocenters. The molecular formula is C42H25N3O. The molecule has 214 valence electrons. The molecule has 0 fully saturated rings. The summed E-state index contributed by atoms with van der Waals surface area (Å²) in [6.07, 6.45) is 0. The van der Waals surface area contributed by atoms with Crippen LogP contribution in [0.5, 0.6) is 0 Å². The topological polar surface area (TPSA) is 43.9 Å². The SMILES string of the molecule is c1ccc(-c2nc3ccccc3nc2-c2cccc(-n3c4ccccc4c4c5c(ccc6c7ccccc7oc65)ccc43)c2)cc1. The molecule has 0 bridgehead atoms. The predicted molar refractivity (Wildman–Crippen MR) is 190 cm³/mol. The van der Waals surface area contributed by atoms with E-state index < -0.39 is 0 Å². The Bertz CT molecular complexity index is 2810. The van der Waals surface area contributed by atoms with Gasteiger partial charge in [-0.25, -0.2) is 9.97 Å². The van der Waals surface area contributed by atoms with E-state index in [2.05, 4.69) is 108 Å². The van der Waals surface area contributed by atoms with Crippen LogP contribution in [0.15, 0.2) is 156 Å². The molecule has 0 N–H and O–H groups in total. The highest BCUT2D eigenvalue weighted by molar-refractivity contribution is 6.29. The molecule has 3 heterocycles.